The quantitative estimate of drug-likeness (QED) is 0.220. The van der Waals surface area contributed by atoms with Crippen molar-refractivity contribution in [2.45, 2.75) is 71.9 Å². The third kappa shape index (κ3) is 6.46. The van der Waals surface area contributed by atoms with Crippen LogP contribution >= 0.6 is 0 Å². The monoisotopic (exact) mass is 552 g/mol. The summed E-state index contributed by atoms with van der Waals surface area (Å²) in [6.45, 7) is 6.27. The number of aryl methyl sites for hydroxylation is 2. The van der Waals surface area contributed by atoms with E-state index in [1.165, 1.54) is 40.6 Å². The van der Waals surface area contributed by atoms with E-state index in [0.717, 1.165) is 36.7 Å². The third-order valence-electron chi connectivity index (χ3n) is 5.28. The Hall–Kier alpha value is -1.58. The fourth-order valence-corrected chi connectivity index (χ4v) is 7.85. The number of hydrogen-bond acceptors (Lipinski definition) is 2. The van der Waals surface area contributed by atoms with E-state index in [-0.39, 0.29) is 40.6 Å². The number of rotatable bonds is 9. The Balaban J connectivity index is 0.000000176. The predicted octanol–water partition coefficient (Wildman–Crippen LogP) is 4.89. The molecule has 0 spiro atoms. The maximum atomic E-state index is 12.0. The molecule has 0 aliphatic rings. The Morgan fingerprint density at radius 3 is 1.48 bits per heavy atom. The molecule has 2 aromatic heterocycles. The van der Waals surface area contributed by atoms with Gasteiger partial charge in [-0.05, 0) is 0 Å². The van der Waals surface area contributed by atoms with Crippen LogP contribution in [0.4, 0.5) is 0 Å². The summed E-state index contributed by atoms with van der Waals surface area (Å²) in [7, 11) is 0. The third-order valence-corrected chi connectivity index (χ3v) is 9.99. The Labute approximate surface area is 196 Å². The van der Waals surface area contributed by atoms with Crippen LogP contribution in [-0.4, -0.2) is 36.6 Å². The summed E-state index contributed by atoms with van der Waals surface area (Å²) < 4.78 is 6.54. The molecule has 6 heteroatoms. The molecular formula is C25H32N2O2Se2. The summed E-state index contributed by atoms with van der Waals surface area (Å²) in [5.74, 6) is 0. The molecule has 0 radical (unpaired) electrons. The SMILES string of the molecule is CCCCCCn1[se]c2ccccc2c1=O.CCCCCn1[se]c2ccccc2c1=O. The molecule has 4 nitrogen and oxygen atoms in total. The molecule has 166 valence electrons. The van der Waals surface area contributed by atoms with Gasteiger partial charge in [-0.15, -0.1) is 0 Å². The van der Waals surface area contributed by atoms with E-state index in [9.17, 15) is 9.59 Å². The van der Waals surface area contributed by atoms with Crippen LogP contribution in [-0.2, 0) is 13.1 Å². The molecular weight excluding hydrogens is 518 g/mol. The predicted molar refractivity (Wildman–Crippen MR) is 134 cm³/mol. The number of benzene rings is 2. The molecule has 0 saturated carbocycles. The van der Waals surface area contributed by atoms with Crippen molar-refractivity contribution in [3.8, 4) is 0 Å². The Morgan fingerprint density at radius 1 is 0.613 bits per heavy atom. The van der Waals surface area contributed by atoms with Gasteiger partial charge in [-0.1, -0.05) is 0 Å². The number of unbranched alkanes of at least 4 members (excludes halogenated alkanes) is 5. The normalized spacial score (nSPS) is 11.0. The molecule has 2 heterocycles. The van der Waals surface area contributed by atoms with Gasteiger partial charge in [0.05, 0.1) is 0 Å². The molecule has 0 unspecified atom stereocenters. The molecule has 0 N–H and O–H groups in total. The van der Waals surface area contributed by atoms with E-state index >= 15 is 0 Å². The van der Waals surface area contributed by atoms with Crippen molar-refractivity contribution in [1.82, 2.24) is 7.12 Å². The molecule has 4 rings (SSSR count). The second kappa shape index (κ2) is 12.5. The maximum absolute atomic E-state index is 12.0. The van der Waals surface area contributed by atoms with Crippen LogP contribution in [0.3, 0.4) is 0 Å². The van der Waals surface area contributed by atoms with Crippen molar-refractivity contribution >= 4 is 48.8 Å². The number of fused-ring (bicyclic) bond motifs is 2. The molecule has 0 aliphatic carbocycles. The van der Waals surface area contributed by atoms with Crippen LogP contribution in [0.15, 0.2) is 58.1 Å². The van der Waals surface area contributed by atoms with Crippen LogP contribution in [0.1, 0.15) is 58.8 Å². The second-order valence-electron chi connectivity index (χ2n) is 7.76. The van der Waals surface area contributed by atoms with Crippen LogP contribution < -0.4 is 11.1 Å². The molecule has 4 aromatic rings. The van der Waals surface area contributed by atoms with Crippen molar-refractivity contribution in [3.05, 3.63) is 69.2 Å². The van der Waals surface area contributed by atoms with Crippen molar-refractivity contribution in [2.75, 3.05) is 0 Å². The standard InChI is InChI=1S/C13H17NOSe.C12H15NOSe/c1-2-3-4-7-10-14-13(15)11-8-5-6-9-12(11)16-14;1-2-3-6-9-13-12(14)10-7-4-5-8-11(10)15-13/h5-6,8-9H,2-4,7,10H2,1H3;4-5,7-8H,2-3,6,9H2,1H3. The van der Waals surface area contributed by atoms with Gasteiger partial charge in [-0.25, -0.2) is 0 Å². The zero-order valence-electron chi connectivity index (χ0n) is 18.5. The van der Waals surface area contributed by atoms with Crippen molar-refractivity contribution in [3.63, 3.8) is 0 Å². The van der Waals surface area contributed by atoms with Crippen LogP contribution in [0.25, 0.3) is 19.3 Å². The second-order valence-corrected chi connectivity index (χ2v) is 12.2. The molecule has 31 heavy (non-hydrogen) atoms. The van der Waals surface area contributed by atoms with Gasteiger partial charge in [-0.2, -0.15) is 0 Å². The number of aromatic nitrogens is 2. The summed E-state index contributed by atoms with van der Waals surface area (Å²) in [6.07, 6.45) is 8.49. The van der Waals surface area contributed by atoms with Crippen LogP contribution in [0.2, 0.25) is 0 Å². The fraction of sp³-hybridized carbons (Fsp3) is 0.440. The Bertz CT molecular complexity index is 1200. The van der Waals surface area contributed by atoms with Gasteiger partial charge in [0.2, 0.25) is 0 Å². The van der Waals surface area contributed by atoms with Gasteiger partial charge in [0.25, 0.3) is 0 Å². The van der Waals surface area contributed by atoms with E-state index in [4.69, 9.17) is 0 Å². The van der Waals surface area contributed by atoms with Gasteiger partial charge in [0.15, 0.2) is 0 Å². The minimum absolute atomic E-state index is 0.222. The van der Waals surface area contributed by atoms with Crippen LogP contribution in [0, 0.1) is 0 Å². The minimum atomic E-state index is 0.222. The summed E-state index contributed by atoms with van der Waals surface area (Å²) >= 11 is 0.446. The van der Waals surface area contributed by atoms with E-state index in [1.54, 1.807) is 0 Å². The first-order valence-electron chi connectivity index (χ1n) is 11.3. The first-order valence-corrected chi connectivity index (χ1v) is 14.6. The topological polar surface area (TPSA) is 44.0 Å². The molecule has 0 bridgehead atoms. The van der Waals surface area contributed by atoms with Gasteiger partial charge >= 0.3 is 197 Å². The van der Waals surface area contributed by atoms with Crippen molar-refractivity contribution in [2.24, 2.45) is 0 Å². The summed E-state index contributed by atoms with van der Waals surface area (Å²) in [6, 6.07) is 16.0. The van der Waals surface area contributed by atoms with Crippen molar-refractivity contribution < 1.29 is 0 Å². The first-order chi connectivity index (χ1) is 15.2. The Kier molecular flexibility index (Phi) is 9.67. The van der Waals surface area contributed by atoms with Gasteiger partial charge in [0, 0.05) is 0 Å². The first kappa shape index (κ1) is 24.1. The van der Waals surface area contributed by atoms with Crippen molar-refractivity contribution in [1.29, 1.82) is 0 Å². The zero-order chi connectivity index (χ0) is 22.1. The molecule has 2 aromatic carbocycles. The van der Waals surface area contributed by atoms with E-state index in [1.807, 2.05) is 43.5 Å². The molecule has 0 amide bonds. The van der Waals surface area contributed by atoms with Crippen LogP contribution in [0.5, 0.6) is 0 Å². The molecule has 0 atom stereocenters. The van der Waals surface area contributed by atoms with E-state index in [0.29, 0.717) is 0 Å². The van der Waals surface area contributed by atoms with Gasteiger partial charge in [-0.3, -0.25) is 0 Å². The van der Waals surface area contributed by atoms with Gasteiger partial charge in [0.1, 0.15) is 0 Å². The molecule has 0 saturated heterocycles. The van der Waals surface area contributed by atoms with E-state index in [2.05, 4.69) is 26.0 Å². The Morgan fingerprint density at radius 2 is 1.03 bits per heavy atom. The summed E-state index contributed by atoms with van der Waals surface area (Å²) in [4.78, 5) is 23.9. The van der Waals surface area contributed by atoms with E-state index < -0.39 is 0 Å². The summed E-state index contributed by atoms with van der Waals surface area (Å²) in [5.41, 5.74) is 0.480. The fourth-order valence-electron chi connectivity index (χ4n) is 3.52. The average molecular weight is 550 g/mol. The van der Waals surface area contributed by atoms with Gasteiger partial charge < -0.3 is 0 Å². The zero-order valence-corrected chi connectivity index (χ0v) is 21.9. The number of hydrogen-bond donors (Lipinski definition) is 0. The molecule has 0 aliphatic heterocycles. The average Bonchev–Trinajstić information content (AvgIpc) is 3.29. The molecule has 0 fully saturated rings. The number of nitrogens with zero attached hydrogens (tertiary/aromatic N) is 2. The summed E-state index contributed by atoms with van der Waals surface area (Å²) in [5, 5.41) is 1.85.